The van der Waals surface area contributed by atoms with Gasteiger partial charge in [-0.05, 0) is 37.3 Å². The number of aliphatic hydroxyl groups is 1. The Labute approximate surface area is 159 Å². The number of carbonyl (C=O) groups is 1. The summed E-state index contributed by atoms with van der Waals surface area (Å²) < 4.78 is 5.54. The minimum Gasteiger partial charge on any atom is -0.463 e. The average Bonchev–Trinajstić information content (AvgIpc) is 3.30. The van der Waals surface area contributed by atoms with E-state index in [1.54, 1.807) is 18.4 Å². The summed E-state index contributed by atoms with van der Waals surface area (Å²) in [7, 11) is 0. The van der Waals surface area contributed by atoms with E-state index in [2.05, 4.69) is 9.88 Å². The minimum atomic E-state index is -0.577. The fourth-order valence-electron chi connectivity index (χ4n) is 3.53. The van der Waals surface area contributed by atoms with Gasteiger partial charge in [-0.25, -0.2) is 9.97 Å². The zero-order chi connectivity index (χ0) is 19.0. The van der Waals surface area contributed by atoms with Crippen molar-refractivity contribution in [1.82, 2.24) is 9.97 Å². The highest BCUT2D eigenvalue weighted by molar-refractivity contribution is 7.21. The summed E-state index contributed by atoms with van der Waals surface area (Å²) in [5, 5.41) is 9.74. The number of thiophene rings is 1. The van der Waals surface area contributed by atoms with Crippen LogP contribution in [0.25, 0.3) is 21.7 Å². The third kappa shape index (κ3) is 3.24. The van der Waals surface area contributed by atoms with Crippen LogP contribution in [0.15, 0.2) is 22.8 Å². The van der Waals surface area contributed by atoms with Crippen molar-refractivity contribution in [3.8, 4) is 11.5 Å². The number of anilines is 2. The molecule has 27 heavy (non-hydrogen) atoms. The van der Waals surface area contributed by atoms with Gasteiger partial charge in [-0.15, -0.1) is 11.3 Å². The van der Waals surface area contributed by atoms with E-state index in [9.17, 15) is 4.79 Å². The number of amides is 1. The monoisotopic (exact) mass is 387 g/mol. The van der Waals surface area contributed by atoms with Crippen LogP contribution in [-0.4, -0.2) is 40.7 Å². The first-order valence-corrected chi connectivity index (χ1v) is 9.69. The van der Waals surface area contributed by atoms with Gasteiger partial charge in [0.15, 0.2) is 5.76 Å². The number of piperidine rings is 1. The summed E-state index contributed by atoms with van der Waals surface area (Å²) in [4.78, 5) is 24.1. The van der Waals surface area contributed by atoms with E-state index in [4.69, 9.17) is 26.0 Å². The molecular formula is C18H21N5O3S. The molecule has 1 saturated heterocycles. The normalized spacial score (nSPS) is 15.5. The quantitative estimate of drug-likeness (QED) is 0.611. The predicted octanol–water partition coefficient (Wildman–Crippen LogP) is 2.23. The number of aliphatic hydroxyl groups excluding tert-OH is 1. The second-order valence-corrected chi connectivity index (χ2v) is 7.68. The molecule has 3 aromatic heterocycles. The number of carbonyl (C=O) groups excluding carboxylic acids is 1. The van der Waals surface area contributed by atoms with Crippen LogP contribution in [-0.2, 0) is 0 Å². The first kappa shape index (κ1) is 17.7. The van der Waals surface area contributed by atoms with Crippen molar-refractivity contribution in [2.75, 3.05) is 30.3 Å². The molecule has 0 spiro atoms. The van der Waals surface area contributed by atoms with E-state index in [0.29, 0.717) is 39.2 Å². The number of aromatic nitrogens is 2. The van der Waals surface area contributed by atoms with Crippen molar-refractivity contribution in [2.24, 2.45) is 11.7 Å². The topological polar surface area (TPSA) is 132 Å². The molecule has 1 aliphatic rings. The number of nitrogens with two attached hydrogens (primary N) is 2. The lowest BCUT2D eigenvalue weighted by Crippen LogP contribution is -2.35. The molecule has 0 radical (unpaired) electrons. The van der Waals surface area contributed by atoms with E-state index in [0.717, 1.165) is 32.4 Å². The molecule has 9 heteroatoms. The molecule has 0 aromatic carbocycles. The average molecular weight is 387 g/mol. The molecule has 5 N–H and O–H groups in total. The fraction of sp³-hybridized carbons (Fsp3) is 0.389. The molecule has 0 aliphatic carbocycles. The van der Waals surface area contributed by atoms with Gasteiger partial charge in [0.25, 0.3) is 5.91 Å². The fourth-order valence-corrected chi connectivity index (χ4v) is 4.47. The number of nitrogen functional groups attached to an aromatic ring is 1. The predicted molar refractivity (Wildman–Crippen MR) is 105 cm³/mol. The lowest BCUT2D eigenvalue weighted by molar-refractivity contribution is 0.100. The van der Waals surface area contributed by atoms with Gasteiger partial charge in [0.05, 0.1) is 17.3 Å². The Kier molecular flexibility index (Phi) is 4.71. The largest absolute Gasteiger partial charge is 0.463 e. The maximum atomic E-state index is 11.7. The molecule has 0 unspecified atom stereocenters. The Balaban J connectivity index is 1.78. The van der Waals surface area contributed by atoms with Crippen LogP contribution in [0, 0.1) is 5.92 Å². The zero-order valence-electron chi connectivity index (χ0n) is 14.7. The molecule has 142 valence electrons. The van der Waals surface area contributed by atoms with Gasteiger partial charge in [-0.3, -0.25) is 4.79 Å². The van der Waals surface area contributed by atoms with Crippen LogP contribution < -0.4 is 16.4 Å². The highest BCUT2D eigenvalue weighted by Crippen LogP contribution is 2.39. The van der Waals surface area contributed by atoms with E-state index >= 15 is 0 Å². The summed E-state index contributed by atoms with van der Waals surface area (Å²) in [5.74, 6) is 1.11. The van der Waals surface area contributed by atoms with E-state index in [1.165, 1.54) is 11.3 Å². The van der Waals surface area contributed by atoms with Gasteiger partial charge < -0.3 is 25.9 Å². The number of rotatable bonds is 5. The first-order valence-electron chi connectivity index (χ1n) is 8.88. The SMILES string of the molecule is NC(=O)c1sc2nc(N3CCC(CCO)CC3)nc(-c3ccco3)c2c1N. The molecule has 1 amide bonds. The molecule has 4 rings (SSSR count). The lowest BCUT2D eigenvalue weighted by atomic mass is 9.94. The van der Waals surface area contributed by atoms with Gasteiger partial charge in [0, 0.05) is 19.7 Å². The molecule has 3 aromatic rings. The highest BCUT2D eigenvalue weighted by Gasteiger charge is 2.25. The van der Waals surface area contributed by atoms with Crippen LogP contribution >= 0.6 is 11.3 Å². The van der Waals surface area contributed by atoms with Gasteiger partial charge >= 0.3 is 0 Å². The summed E-state index contributed by atoms with van der Waals surface area (Å²) in [6.45, 7) is 1.86. The van der Waals surface area contributed by atoms with Crippen LogP contribution in [0.3, 0.4) is 0 Å². The highest BCUT2D eigenvalue weighted by atomic mass is 32.1. The molecule has 0 bridgehead atoms. The minimum absolute atomic E-state index is 0.222. The van der Waals surface area contributed by atoms with Crippen molar-refractivity contribution >= 4 is 39.1 Å². The number of nitrogens with zero attached hydrogens (tertiary/aromatic N) is 3. The maximum Gasteiger partial charge on any atom is 0.260 e. The van der Waals surface area contributed by atoms with Crippen molar-refractivity contribution in [3.05, 3.63) is 23.3 Å². The van der Waals surface area contributed by atoms with Crippen LogP contribution in [0.4, 0.5) is 11.6 Å². The third-order valence-corrected chi connectivity index (χ3v) is 6.10. The smallest absolute Gasteiger partial charge is 0.260 e. The summed E-state index contributed by atoms with van der Waals surface area (Å²) in [6.07, 6.45) is 4.37. The standard InChI is InChI=1S/C18H21N5O3S/c19-13-12-14(11-2-1-9-26-11)21-18(22-17(12)27-15(13)16(20)25)23-6-3-10(4-7-23)5-8-24/h1-2,9-10,24H,3-8,19H2,(H2,20,25). The van der Waals surface area contributed by atoms with E-state index < -0.39 is 5.91 Å². The van der Waals surface area contributed by atoms with Crippen molar-refractivity contribution < 1.29 is 14.3 Å². The molecule has 1 aliphatic heterocycles. The van der Waals surface area contributed by atoms with Gasteiger partial charge in [0.2, 0.25) is 5.95 Å². The van der Waals surface area contributed by atoms with E-state index in [1.807, 2.05) is 0 Å². The summed E-state index contributed by atoms with van der Waals surface area (Å²) in [6, 6.07) is 3.58. The van der Waals surface area contributed by atoms with Crippen molar-refractivity contribution in [2.45, 2.75) is 19.3 Å². The Morgan fingerprint density at radius 3 is 2.78 bits per heavy atom. The Hall–Kier alpha value is -2.65. The van der Waals surface area contributed by atoms with Crippen molar-refractivity contribution in [3.63, 3.8) is 0 Å². The van der Waals surface area contributed by atoms with Gasteiger partial charge in [-0.1, -0.05) is 0 Å². The van der Waals surface area contributed by atoms with E-state index in [-0.39, 0.29) is 11.5 Å². The molecular weight excluding hydrogens is 366 g/mol. The van der Waals surface area contributed by atoms with Gasteiger partial charge in [-0.2, -0.15) is 0 Å². The number of fused-ring (bicyclic) bond motifs is 1. The Morgan fingerprint density at radius 2 is 2.15 bits per heavy atom. The number of furan rings is 1. The Morgan fingerprint density at radius 1 is 1.37 bits per heavy atom. The molecule has 8 nitrogen and oxygen atoms in total. The zero-order valence-corrected chi connectivity index (χ0v) is 15.5. The number of hydrogen-bond donors (Lipinski definition) is 3. The first-order chi connectivity index (χ1) is 13.1. The number of primary amides is 1. The summed E-state index contributed by atoms with van der Waals surface area (Å²) in [5.41, 5.74) is 12.5. The molecule has 0 saturated carbocycles. The molecule has 4 heterocycles. The lowest BCUT2D eigenvalue weighted by Gasteiger charge is -2.31. The van der Waals surface area contributed by atoms with Crippen molar-refractivity contribution in [1.29, 1.82) is 0 Å². The summed E-state index contributed by atoms with van der Waals surface area (Å²) >= 11 is 1.18. The Bertz CT molecular complexity index is 961. The third-order valence-electron chi connectivity index (χ3n) is 4.99. The van der Waals surface area contributed by atoms with Crippen LogP contribution in [0.5, 0.6) is 0 Å². The van der Waals surface area contributed by atoms with Crippen LogP contribution in [0.2, 0.25) is 0 Å². The van der Waals surface area contributed by atoms with Gasteiger partial charge in [0.1, 0.15) is 15.4 Å². The molecule has 0 atom stereocenters. The second kappa shape index (κ2) is 7.16. The molecule has 1 fully saturated rings. The number of hydrogen-bond acceptors (Lipinski definition) is 8. The maximum absolute atomic E-state index is 11.7. The second-order valence-electron chi connectivity index (χ2n) is 6.68. The van der Waals surface area contributed by atoms with Crippen LogP contribution in [0.1, 0.15) is 28.9 Å².